The van der Waals surface area contributed by atoms with Gasteiger partial charge in [0.05, 0.1) is 11.7 Å². The van der Waals surface area contributed by atoms with E-state index in [1.54, 1.807) is 12.1 Å². The van der Waals surface area contributed by atoms with Crippen LogP contribution in [0.1, 0.15) is 12.8 Å². The summed E-state index contributed by atoms with van der Waals surface area (Å²) in [5.74, 6) is -0.253. The van der Waals surface area contributed by atoms with Crippen molar-refractivity contribution in [2.24, 2.45) is 0 Å². The molecular weight excluding hydrogens is 242 g/mol. The topological polar surface area (TPSA) is 50.4 Å². The van der Waals surface area contributed by atoms with Crippen LogP contribution in [0.25, 0.3) is 0 Å². The average Bonchev–Trinajstić information content (AvgIpc) is 2.84. The van der Waals surface area contributed by atoms with E-state index in [-0.39, 0.29) is 23.4 Å². The van der Waals surface area contributed by atoms with Crippen LogP contribution in [-0.2, 0) is 4.79 Å². The second kappa shape index (κ2) is 5.77. The van der Waals surface area contributed by atoms with Crippen LogP contribution in [0.2, 0.25) is 0 Å². The molecule has 18 heavy (non-hydrogen) atoms. The molecule has 6 heteroatoms. The number of carbonyl (C=O) groups excluding carboxylic acids is 1. The Labute approximate surface area is 103 Å². The monoisotopic (exact) mass is 256 g/mol. The first kappa shape index (κ1) is 12.8. The number of para-hydroxylation sites is 2. The summed E-state index contributed by atoms with van der Waals surface area (Å²) in [7, 11) is 0. The first-order valence-corrected chi connectivity index (χ1v) is 5.75. The van der Waals surface area contributed by atoms with Gasteiger partial charge in [0.2, 0.25) is 5.91 Å². The lowest BCUT2D eigenvalue weighted by atomic mass is 10.2. The standard InChI is InChI=1S/C12H14F2N2O2/c13-12(14)18-10-6-2-1-4-8(10)16-11(17)9-5-3-7-15-9/h1-2,4,6,9,12,15H,3,5,7H2,(H,16,17)/t9-/m1/s1. The van der Waals surface area contributed by atoms with Gasteiger partial charge in [-0.3, -0.25) is 4.79 Å². The molecule has 0 aromatic heterocycles. The highest BCUT2D eigenvalue weighted by Gasteiger charge is 2.23. The lowest BCUT2D eigenvalue weighted by molar-refractivity contribution is -0.117. The van der Waals surface area contributed by atoms with Gasteiger partial charge in [0.15, 0.2) is 0 Å². The molecule has 0 radical (unpaired) electrons. The summed E-state index contributed by atoms with van der Waals surface area (Å²) in [6.07, 6.45) is 1.69. The molecule has 0 spiro atoms. The number of halogens is 2. The van der Waals surface area contributed by atoms with Crippen LogP contribution in [0, 0.1) is 0 Å². The molecule has 0 unspecified atom stereocenters. The van der Waals surface area contributed by atoms with Gasteiger partial charge < -0.3 is 15.4 Å². The predicted molar refractivity (Wildman–Crippen MR) is 62.7 cm³/mol. The van der Waals surface area contributed by atoms with Crippen LogP contribution in [0.3, 0.4) is 0 Å². The highest BCUT2D eigenvalue weighted by molar-refractivity contribution is 5.96. The van der Waals surface area contributed by atoms with Crippen molar-refractivity contribution in [1.82, 2.24) is 5.32 Å². The Morgan fingerprint density at radius 3 is 2.89 bits per heavy atom. The number of ether oxygens (including phenoxy) is 1. The van der Waals surface area contributed by atoms with Crippen LogP contribution in [0.15, 0.2) is 24.3 Å². The van der Waals surface area contributed by atoms with Gasteiger partial charge >= 0.3 is 6.61 Å². The van der Waals surface area contributed by atoms with Gasteiger partial charge in [-0.15, -0.1) is 0 Å². The summed E-state index contributed by atoms with van der Waals surface area (Å²) in [5.41, 5.74) is 0.261. The number of amides is 1. The van der Waals surface area contributed by atoms with Crippen molar-refractivity contribution in [2.45, 2.75) is 25.5 Å². The van der Waals surface area contributed by atoms with Crippen LogP contribution in [-0.4, -0.2) is 25.1 Å². The molecule has 1 heterocycles. The summed E-state index contributed by atoms with van der Waals surface area (Å²) in [6.45, 7) is -2.11. The normalized spacial score (nSPS) is 18.9. The van der Waals surface area contributed by atoms with Crippen LogP contribution >= 0.6 is 0 Å². The van der Waals surface area contributed by atoms with Crippen molar-refractivity contribution in [2.75, 3.05) is 11.9 Å². The third kappa shape index (κ3) is 3.16. The molecule has 1 aromatic carbocycles. The fourth-order valence-electron chi connectivity index (χ4n) is 1.90. The smallest absolute Gasteiger partial charge is 0.387 e. The Balaban J connectivity index is 2.05. The number of rotatable bonds is 4. The maximum atomic E-state index is 12.2. The molecule has 1 aliphatic rings. The van der Waals surface area contributed by atoms with Gasteiger partial charge in [-0.2, -0.15) is 8.78 Å². The van der Waals surface area contributed by atoms with Crippen molar-refractivity contribution in [3.63, 3.8) is 0 Å². The van der Waals surface area contributed by atoms with Gasteiger partial charge in [-0.05, 0) is 31.5 Å². The second-order valence-corrected chi connectivity index (χ2v) is 4.01. The maximum Gasteiger partial charge on any atom is 0.387 e. The number of hydrogen-bond donors (Lipinski definition) is 2. The SMILES string of the molecule is O=C(Nc1ccccc1OC(F)F)[C@H]1CCCN1. The van der Waals surface area contributed by atoms with Gasteiger partial charge in [0.25, 0.3) is 0 Å². The summed E-state index contributed by atoms with van der Waals surface area (Å²) in [5, 5.41) is 5.63. The molecule has 1 saturated heterocycles. The van der Waals surface area contributed by atoms with Crippen molar-refractivity contribution in [1.29, 1.82) is 0 Å². The largest absolute Gasteiger partial charge is 0.433 e. The van der Waals surface area contributed by atoms with Gasteiger partial charge in [-0.1, -0.05) is 12.1 Å². The van der Waals surface area contributed by atoms with Gasteiger partial charge in [0.1, 0.15) is 5.75 Å². The zero-order valence-electron chi connectivity index (χ0n) is 9.66. The lowest BCUT2D eigenvalue weighted by Gasteiger charge is -2.14. The maximum absolute atomic E-state index is 12.2. The van der Waals surface area contributed by atoms with Crippen LogP contribution in [0.4, 0.5) is 14.5 Å². The second-order valence-electron chi connectivity index (χ2n) is 4.01. The van der Waals surface area contributed by atoms with E-state index in [1.165, 1.54) is 12.1 Å². The summed E-state index contributed by atoms with van der Waals surface area (Å²) < 4.78 is 28.7. The number of anilines is 1. The van der Waals surface area contributed by atoms with E-state index in [9.17, 15) is 13.6 Å². The minimum atomic E-state index is -2.91. The molecule has 98 valence electrons. The third-order valence-electron chi connectivity index (χ3n) is 2.74. The van der Waals surface area contributed by atoms with Crippen LogP contribution in [0.5, 0.6) is 5.75 Å². The first-order chi connectivity index (χ1) is 8.66. The average molecular weight is 256 g/mol. The van der Waals surface area contributed by atoms with Crippen molar-refractivity contribution in [3.05, 3.63) is 24.3 Å². The highest BCUT2D eigenvalue weighted by Crippen LogP contribution is 2.25. The van der Waals surface area contributed by atoms with E-state index >= 15 is 0 Å². The number of nitrogens with one attached hydrogen (secondary N) is 2. The fourth-order valence-corrected chi connectivity index (χ4v) is 1.90. The number of hydrogen-bond acceptors (Lipinski definition) is 3. The minimum absolute atomic E-state index is 0.0288. The van der Waals surface area contributed by atoms with Crippen LogP contribution < -0.4 is 15.4 Å². The zero-order valence-corrected chi connectivity index (χ0v) is 9.66. The first-order valence-electron chi connectivity index (χ1n) is 5.75. The molecule has 0 bridgehead atoms. The fraction of sp³-hybridized carbons (Fsp3) is 0.417. The molecular formula is C12H14F2N2O2. The van der Waals surface area contributed by atoms with Crippen molar-refractivity contribution >= 4 is 11.6 Å². The summed E-state index contributed by atoms with van der Waals surface area (Å²) >= 11 is 0. The lowest BCUT2D eigenvalue weighted by Crippen LogP contribution is -2.35. The molecule has 1 atom stereocenters. The summed E-state index contributed by atoms with van der Waals surface area (Å²) in [6, 6.07) is 5.88. The molecule has 1 fully saturated rings. The number of alkyl halides is 2. The quantitative estimate of drug-likeness (QED) is 0.866. The Morgan fingerprint density at radius 2 is 2.22 bits per heavy atom. The molecule has 0 aliphatic carbocycles. The zero-order chi connectivity index (χ0) is 13.0. The van der Waals surface area contributed by atoms with E-state index in [0.29, 0.717) is 0 Å². The molecule has 1 aromatic rings. The molecule has 0 saturated carbocycles. The van der Waals surface area contributed by atoms with E-state index in [1.807, 2.05) is 0 Å². The highest BCUT2D eigenvalue weighted by atomic mass is 19.3. The van der Waals surface area contributed by atoms with Crippen molar-refractivity contribution in [3.8, 4) is 5.75 Å². The molecule has 1 amide bonds. The minimum Gasteiger partial charge on any atom is -0.433 e. The summed E-state index contributed by atoms with van der Waals surface area (Å²) in [4.78, 5) is 11.8. The third-order valence-corrected chi connectivity index (χ3v) is 2.74. The van der Waals surface area contributed by atoms with E-state index in [0.717, 1.165) is 19.4 Å². The predicted octanol–water partition coefficient (Wildman–Crippen LogP) is 1.98. The Bertz CT molecular complexity index is 420. The van der Waals surface area contributed by atoms with Gasteiger partial charge in [0, 0.05) is 0 Å². The molecule has 2 N–H and O–H groups in total. The molecule has 1 aliphatic heterocycles. The van der Waals surface area contributed by atoms with E-state index < -0.39 is 6.61 Å². The Morgan fingerprint density at radius 1 is 1.44 bits per heavy atom. The Hall–Kier alpha value is -1.69. The van der Waals surface area contributed by atoms with E-state index in [2.05, 4.69) is 15.4 Å². The Kier molecular flexibility index (Phi) is 4.09. The molecule has 2 rings (SSSR count). The van der Waals surface area contributed by atoms with Gasteiger partial charge in [-0.25, -0.2) is 0 Å². The molecule has 4 nitrogen and oxygen atoms in total. The van der Waals surface area contributed by atoms with Crippen molar-refractivity contribution < 1.29 is 18.3 Å². The van der Waals surface area contributed by atoms with E-state index in [4.69, 9.17) is 0 Å². The number of carbonyl (C=O) groups is 1. The number of benzene rings is 1.